The van der Waals surface area contributed by atoms with Crippen molar-refractivity contribution in [3.8, 4) is 11.5 Å². The van der Waals surface area contributed by atoms with Crippen LogP contribution in [-0.4, -0.2) is 130 Å². The molecule has 0 atom stereocenters. The molecule has 44 heavy (non-hydrogen) atoms. The zero-order chi connectivity index (χ0) is 32.2. The fourth-order valence-corrected chi connectivity index (χ4v) is 5.21. The van der Waals surface area contributed by atoms with Gasteiger partial charge in [0.2, 0.25) is 0 Å². The Morgan fingerprint density at radius 2 is 1.14 bits per heavy atom. The highest BCUT2D eigenvalue weighted by atomic mass is 16.3. The second-order valence-electron chi connectivity index (χ2n) is 11.4. The highest BCUT2D eigenvalue weighted by molar-refractivity contribution is 5.98. The summed E-state index contributed by atoms with van der Waals surface area (Å²) in [6, 6.07) is 5.16. The smallest absolute Gasteiger partial charge is 0.255 e. The van der Waals surface area contributed by atoms with Gasteiger partial charge in [-0.3, -0.25) is 19.4 Å². The van der Waals surface area contributed by atoms with Crippen molar-refractivity contribution in [1.29, 1.82) is 0 Å². The predicted molar refractivity (Wildman–Crippen MR) is 165 cm³/mol. The van der Waals surface area contributed by atoms with Crippen LogP contribution in [0.3, 0.4) is 0 Å². The van der Waals surface area contributed by atoms with E-state index in [2.05, 4.69) is 25.8 Å². The Morgan fingerprint density at radius 3 is 1.57 bits per heavy atom. The van der Waals surface area contributed by atoms with Gasteiger partial charge in [0.1, 0.15) is 11.5 Å². The van der Waals surface area contributed by atoms with Crippen LogP contribution in [0, 0.1) is 13.8 Å². The van der Waals surface area contributed by atoms with E-state index in [1.165, 1.54) is 0 Å². The fraction of sp³-hybridized carbons (Fsp3) is 0.548. The Morgan fingerprint density at radius 1 is 0.705 bits per heavy atom. The second-order valence-corrected chi connectivity index (χ2v) is 11.4. The Labute approximate surface area is 258 Å². The highest BCUT2D eigenvalue weighted by Gasteiger charge is 2.22. The van der Waals surface area contributed by atoms with Gasteiger partial charge in [0.15, 0.2) is 0 Å². The maximum atomic E-state index is 12.8. The summed E-state index contributed by atoms with van der Waals surface area (Å²) in [6.07, 6.45) is 0.883. The number of phenolic OH excluding ortho intramolecular Hbond substituents is 2. The molecule has 13 nitrogen and oxygen atoms in total. The molecular weight excluding hydrogens is 570 g/mol. The third-order valence-electron chi connectivity index (χ3n) is 7.66. The molecule has 0 bridgehead atoms. The number of aliphatic hydroxyl groups is 4. The first kappa shape index (κ1) is 35.2. The number of hydrogen-bond acceptors (Lipinski definition) is 11. The molecule has 2 aromatic rings. The molecule has 2 amide bonds. The number of aromatic hydroxyl groups is 2. The number of carbonyl (C=O) groups excluding carboxylic acids is 2. The van der Waals surface area contributed by atoms with E-state index in [1.54, 1.807) is 12.1 Å². The number of aliphatic hydroxyl groups excluding tert-OH is 4. The third-order valence-corrected chi connectivity index (χ3v) is 7.66. The van der Waals surface area contributed by atoms with Gasteiger partial charge in [0.05, 0.1) is 49.6 Å². The monoisotopic (exact) mass is 617 g/mol. The van der Waals surface area contributed by atoms with Crippen LogP contribution in [0.5, 0.6) is 11.5 Å². The van der Waals surface area contributed by atoms with Crippen molar-refractivity contribution in [3.63, 3.8) is 0 Å². The number of phenols is 2. The summed E-state index contributed by atoms with van der Waals surface area (Å²) in [5, 5.41) is 67.9. The van der Waals surface area contributed by atoms with Gasteiger partial charge >= 0.3 is 0 Å². The highest BCUT2D eigenvalue weighted by Crippen LogP contribution is 2.28. The summed E-state index contributed by atoms with van der Waals surface area (Å²) in [5.41, 5.74) is 2.90. The van der Waals surface area contributed by atoms with Gasteiger partial charge in [-0.05, 0) is 56.6 Å². The van der Waals surface area contributed by atoms with Gasteiger partial charge in [0.25, 0.3) is 11.8 Å². The van der Waals surface area contributed by atoms with Crippen LogP contribution < -0.4 is 16.0 Å². The molecule has 0 radical (unpaired) electrons. The molecular formula is C31H47N5O8. The number of hydrogen-bond donors (Lipinski definition) is 9. The van der Waals surface area contributed by atoms with Crippen LogP contribution in [0.25, 0.3) is 0 Å². The molecule has 0 spiro atoms. The normalized spacial score (nSPS) is 15.5. The van der Waals surface area contributed by atoms with Gasteiger partial charge in [0, 0.05) is 50.4 Å². The van der Waals surface area contributed by atoms with E-state index in [1.807, 2.05) is 26.0 Å². The zero-order valence-electron chi connectivity index (χ0n) is 25.6. The van der Waals surface area contributed by atoms with Crippen molar-refractivity contribution >= 4 is 11.8 Å². The second kappa shape index (κ2) is 17.3. The Kier molecular flexibility index (Phi) is 13.8. The molecule has 1 aliphatic rings. The van der Waals surface area contributed by atoms with Gasteiger partial charge in [-0.15, -0.1) is 0 Å². The summed E-state index contributed by atoms with van der Waals surface area (Å²) in [7, 11) is 0. The van der Waals surface area contributed by atoms with Crippen LogP contribution in [0.4, 0.5) is 0 Å². The van der Waals surface area contributed by atoms with Crippen molar-refractivity contribution < 1.29 is 40.2 Å². The first-order valence-electron chi connectivity index (χ1n) is 15.0. The summed E-state index contributed by atoms with van der Waals surface area (Å²) < 4.78 is 0. The Balaban J connectivity index is 1.77. The van der Waals surface area contributed by atoms with E-state index in [0.29, 0.717) is 43.9 Å². The predicted octanol–water partition coefficient (Wildman–Crippen LogP) is -0.822. The van der Waals surface area contributed by atoms with E-state index in [-0.39, 0.29) is 22.6 Å². The van der Waals surface area contributed by atoms with E-state index >= 15 is 0 Å². The van der Waals surface area contributed by atoms with Crippen molar-refractivity contribution in [2.75, 3.05) is 65.7 Å². The molecule has 0 aliphatic carbocycles. The summed E-state index contributed by atoms with van der Waals surface area (Å²) in [4.78, 5) is 30.0. The number of rotatable bonds is 12. The molecule has 1 saturated heterocycles. The SMILES string of the molecule is Cc1cc(CN2CCCNCCN(Cc3cc(C)cc(C(=O)NC(CO)CO)c3O)CC2)c(O)c(C(=O)NC(CO)CO)c1. The molecule has 244 valence electrons. The largest absolute Gasteiger partial charge is 0.507 e. The number of nitrogens with one attached hydrogen (secondary N) is 3. The van der Waals surface area contributed by atoms with Gasteiger partial charge in [-0.1, -0.05) is 12.1 Å². The minimum Gasteiger partial charge on any atom is -0.507 e. The van der Waals surface area contributed by atoms with Gasteiger partial charge in [-0.25, -0.2) is 0 Å². The van der Waals surface area contributed by atoms with Crippen LogP contribution in [0.2, 0.25) is 0 Å². The number of amides is 2. The van der Waals surface area contributed by atoms with E-state index in [4.69, 9.17) is 0 Å². The molecule has 9 N–H and O–H groups in total. The lowest BCUT2D eigenvalue weighted by Crippen LogP contribution is -2.41. The number of nitrogens with zero attached hydrogens (tertiary/aromatic N) is 2. The summed E-state index contributed by atoms with van der Waals surface area (Å²) >= 11 is 0. The van der Waals surface area contributed by atoms with Gasteiger partial charge < -0.3 is 46.6 Å². The molecule has 0 unspecified atom stereocenters. The Bertz CT molecular complexity index is 1160. The molecule has 2 aromatic carbocycles. The lowest BCUT2D eigenvalue weighted by atomic mass is 10.0. The van der Waals surface area contributed by atoms with E-state index in [0.717, 1.165) is 37.2 Å². The van der Waals surface area contributed by atoms with Crippen LogP contribution in [-0.2, 0) is 13.1 Å². The van der Waals surface area contributed by atoms with Crippen molar-refractivity contribution in [2.45, 2.75) is 45.4 Å². The first-order chi connectivity index (χ1) is 21.1. The standard InChI is InChI=1S/C31H47N5O8/c1-20-10-22(28(41)26(12-20)30(43)33-24(16-37)17-38)14-35-6-3-4-32-5-7-36(9-8-35)15-23-11-21(2)13-27(29(23)42)31(44)34-25(18-39)19-40/h10-13,24-25,32,37-42H,3-9,14-19H2,1-2H3,(H,33,43)(H,34,44). The fourth-order valence-electron chi connectivity index (χ4n) is 5.21. The average molecular weight is 618 g/mol. The third kappa shape index (κ3) is 9.86. The quantitative estimate of drug-likeness (QED) is 0.144. The van der Waals surface area contributed by atoms with Crippen molar-refractivity contribution in [2.24, 2.45) is 0 Å². The number of aryl methyl sites for hydroxylation is 2. The number of benzene rings is 2. The molecule has 1 aliphatic heterocycles. The maximum Gasteiger partial charge on any atom is 0.255 e. The van der Waals surface area contributed by atoms with E-state index in [9.17, 15) is 40.2 Å². The summed E-state index contributed by atoms with van der Waals surface area (Å²) in [6.45, 7) is 6.95. The van der Waals surface area contributed by atoms with Crippen molar-refractivity contribution in [3.05, 3.63) is 57.6 Å². The Hall–Kier alpha value is -3.30. The van der Waals surface area contributed by atoms with E-state index < -0.39 is 50.3 Å². The molecule has 13 heteroatoms. The average Bonchev–Trinajstić information content (AvgIpc) is 3.01. The summed E-state index contributed by atoms with van der Waals surface area (Å²) in [5.74, 6) is -1.45. The minimum atomic E-state index is -0.832. The molecule has 1 heterocycles. The molecule has 1 fully saturated rings. The zero-order valence-corrected chi connectivity index (χ0v) is 25.6. The van der Waals surface area contributed by atoms with Crippen LogP contribution in [0.1, 0.15) is 49.4 Å². The maximum absolute atomic E-state index is 12.8. The number of carbonyl (C=O) groups is 2. The van der Waals surface area contributed by atoms with Crippen LogP contribution in [0.15, 0.2) is 24.3 Å². The minimum absolute atomic E-state index is 0.0757. The molecule has 0 saturated carbocycles. The molecule has 0 aromatic heterocycles. The van der Waals surface area contributed by atoms with Gasteiger partial charge in [-0.2, -0.15) is 0 Å². The molecule has 3 rings (SSSR count). The van der Waals surface area contributed by atoms with Crippen molar-refractivity contribution in [1.82, 2.24) is 25.8 Å². The lowest BCUT2D eigenvalue weighted by Gasteiger charge is -2.30. The topological polar surface area (TPSA) is 198 Å². The van der Waals surface area contributed by atoms with Crippen LogP contribution >= 0.6 is 0 Å². The lowest BCUT2D eigenvalue weighted by molar-refractivity contribution is 0.0870. The first-order valence-corrected chi connectivity index (χ1v) is 15.0.